The molecule has 5 nitrogen and oxygen atoms in total. The van der Waals surface area contributed by atoms with Crippen LogP contribution in [-0.4, -0.2) is 16.3 Å². The van der Waals surface area contributed by atoms with E-state index in [1.807, 2.05) is 18.2 Å². The zero-order valence-corrected chi connectivity index (χ0v) is 11.5. The molecule has 0 aliphatic heterocycles. The van der Waals surface area contributed by atoms with Gasteiger partial charge in [-0.1, -0.05) is 30.3 Å². The predicted octanol–water partition coefficient (Wildman–Crippen LogP) is 2.76. The molecule has 0 unspecified atom stereocenters. The number of rotatable bonds is 1. The van der Waals surface area contributed by atoms with Crippen molar-refractivity contribution in [2.24, 2.45) is 0 Å². The lowest BCUT2D eigenvalue weighted by Crippen LogP contribution is -1.86. The van der Waals surface area contributed by atoms with Crippen molar-refractivity contribution < 1.29 is 4.79 Å². The minimum Gasteiger partial charge on any atom is -0.399 e. The minimum absolute atomic E-state index is 0.729. The average molecular weight is 282 g/mol. The Kier molecular flexibility index (Phi) is 7.45. The van der Waals surface area contributed by atoms with Crippen molar-refractivity contribution in [2.75, 3.05) is 11.5 Å². The Morgan fingerprint density at radius 1 is 0.905 bits per heavy atom. The molecule has 1 heterocycles. The Balaban J connectivity index is 0.000000162. The van der Waals surface area contributed by atoms with Crippen LogP contribution in [-0.2, 0) is 0 Å². The summed E-state index contributed by atoms with van der Waals surface area (Å²) in [5.74, 6) is 0. The molecule has 0 atom stereocenters. The summed E-state index contributed by atoms with van der Waals surface area (Å²) in [6.07, 6.45) is 5.92. The number of hydrogen-bond donors (Lipinski definition) is 3. The lowest BCUT2D eigenvalue weighted by atomic mass is 10.2. The van der Waals surface area contributed by atoms with Gasteiger partial charge >= 0.3 is 0 Å². The van der Waals surface area contributed by atoms with Gasteiger partial charge in [-0.3, -0.25) is 4.79 Å². The molecular weight excluding hydrogens is 264 g/mol. The monoisotopic (exact) mass is 282 g/mol. The third-order valence-electron chi connectivity index (χ3n) is 2.28. The van der Waals surface area contributed by atoms with Crippen molar-refractivity contribution in [3.05, 3.63) is 78.9 Å². The van der Waals surface area contributed by atoms with Crippen LogP contribution in [0.25, 0.3) is 0 Å². The second-order valence-electron chi connectivity index (χ2n) is 3.96. The Morgan fingerprint density at radius 2 is 1.48 bits per heavy atom. The number of hydrogen-bond acceptors (Lipinski definition) is 4. The number of nitrogen functional groups attached to an aromatic ring is 2. The first-order chi connectivity index (χ1) is 10.2. The summed E-state index contributed by atoms with van der Waals surface area (Å²) in [5.41, 5.74) is 13.0. The van der Waals surface area contributed by atoms with Crippen molar-refractivity contribution >= 4 is 17.7 Å². The molecule has 0 spiro atoms. The van der Waals surface area contributed by atoms with Crippen LogP contribution in [0.4, 0.5) is 11.4 Å². The maximum Gasteiger partial charge on any atom is 0.150 e. The molecule has 0 aliphatic rings. The first kappa shape index (κ1) is 16.0. The van der Waals surface area contributed by atoms with E-state index in [2.05, 4.69) is 9.97 Å². The number of carbonyl (C=O) groups is 1. The van der Waals surface area contributed by atoms with Crippen LogP contribution in [0.5, 0.6) is 0 Å². The van der Waals surface area contributed by atoms with Gasteiger partial charge in [0.25, 0.3) is 0 Å². The van der Waals surface area contributed by atoms with Crippen molar-refractivity contribution in [3.63, 3.8) is 0 Å². The molecule has 3 rings (SSSR count). The van der Waals surface area contributed by atoms with Crippen molar-refractivity contribution in [1.82, 2.24) is 9.97 Å². The lowest BCUT2D eigenvalue weighted by molar-refractivity contribution is 0.112. The topological polar surface area (TPSA) is 97.8 Å². The number of aromatic amines is 1. The Morgan fingerprint density at radius 3 is 1.76 bits per heavy atom. The number of aromatic nitrogens is 2. The van der Waals surface area contributed by atoms with E-state index in [1.54, 1.807) is 55.1 Å². The smallest absolute Gasteiger partial charge is 0.150 e. The molecule has 5 heteroatoms. The Hall–Kier alpha value is -3.08. The summed E-state index contributed by atoms with van der Waals surface area (Å²) in [6.45, 7) is 0. The van der Waals surface area contributed by atoms with Gasteiger partial charge in [0, 0.05) is 29.3 Å². The highest BCUT2D eigenvalue weighted by atomic mass is 16.1. The fraction of sp³-hybridized carbons (Fsp3) is 0. The van der Waals surface area contributed by atoms with E-state index >= 15 is 0 Å². The normalized spacial score (nSPS) is 8.57. The highest BCUT2D eigenvalue weighted by Crippen LogP contribution is 2.04. The number of nitrogens with two attached hydrogens (primary N) is 2. The molecule has 0 fully saturated rings. The molecule has 0 amide bonds. The number of aldehydes is 1. The van der Waals surface area contributed by atoms with Crippen LogP contribution in [0.2, 0.25) is 0 Å². The van der Waals surface area contributed by atoms with Crippen LogP contribution in [0.3, 0.4) is 0 Å². The van der Waals surface area contributed by atoms with Crippen LogP contribution in [0.15, 0.2) is 73.3 Å². The summed E-state index contributed by atoms with van der Waals surface area (Å²) < 4.78 is 0. The highest BCUT2D eigenvalue weighted by Gasteiger charge is 1.81. The molecule has 0 saturated carbocycles. The van der Waals surface area contributed by atoms with E-state index in [0.717, 1.165) is 23.2 Å². The lowest BCUT2D eigenvalue weighted by Gasteiger charge is -1.90. The zero-order valence-electron chi connectivity index (χ0n) is 11.5. The molecule has 3 aromatic rings. The summed E-state index contributed by atoms with van der Waals surface area (Å²) in [5, 5.41) is 0. The van der Waals surface area contributed by atoms with E-state index in [-0.39, 0.29) is 0 Å². The molecule has 0 radical (unpaired) electrons. The molecule has 0 aliphatic carbocycles. The van der Waals surface area contributed by atoms with Gasteiger partial charge in [-0.05, 0) is 24.3 Å². The number of imidazole rings is 1. The largest absolute Gasteiger partial charge is 0.399 e. The first-order valence-electron chi connectivity index (χ1n) is 6.26. The van der Waals surface area contributed by atoms with E-state index in [9.17, 15) is 4.79 Å². The molecule has 1 aromatic heterocycles. The standard InChI is InChI=1S/C7H6O.C6H8N2.C3H4N2/c8-6-7-4-2-1-3-5-7;7-5-1-2-6(8)4-3-5;1-2-5-3-4-1/h1-6H;1-4H,7-8H2;1-3H,(H,4,5). The molecule has 0 saturated heterocycles. The van der Waals surface area contributed by atoms with Gasteiger partial charge in [0.1, 0.15) is 6.29 Å². The predicted molar refractivity (Wildman–Crippen MR) is 85.7 cm³/mol. The van der Waals surface area contributed by atoms with Crippen molar-refractivity contribution in [2.45, 2.75) is 0 Å². The summed E-state index contributed by atoms with van der Waals surface area (Å²) >= 11 is 0. The number of benzene rings is 2. The van der Waals surface area contributed by atoms with Crippen LogP contribution in [0.1, 0.15) is 10.4 Å². The highest BCUT2D eigenvalue weighted by molar-refractivity contribution is 5.74. The average Bonchev–Trinajstić information content (AvgIpc) is 3.11. The molecule has 0 bridgehead atoms. The van der Waals surface area contributed by atoms with Gasteiger partial charge in [-0.15, -0.1) is 0 Å². The second-order valence-corrected chi connectivity index (χ2v) is 3.96. The van der Waals surface area contributed by atoms with E-state index in [1.165, 1.54) is 0 Å². The van der Waals surface area contributed by atoms with Gasteiger partial charge < -0.3 is 16.5 Å². The van der Waals surface area contributed by atoms with Crippen molar-refractivity contribution in [1.29, 1.82) is 0 Å². The van der Waals surface area contributed by atoms with Gasteiger partial charge in [0.05, 0.1) is 6.33 Å². The summed E-state index contributed by atoms with van der Waals surface area (Å²) in [7, 11) is 0. The number of H-pyrrole nitrogens is 1. The summed E-state index contributed by atoms with van der Waals surface area (Å²) in [6, 6.07) is 16.2. The van der Waals surface area contributed by atoms with Crippen molar-refractivity contribution in [3.8, 4) is 0 Å². The maximum atomic E-state index is 10.0. The number of nitrogens with one attached hydrogen (secondary N) is 1. The number of anilines is 2. The maximum absolute atomic E-state index is 10.0. The fourth-order valence-electron chi connectivity index (χ4n) is 1.24. The van der Waals surface area contributed by atoms with E-state index in [0.29, 0.717) is 0 Å². The van der Waals surface area contributed by atoms with Crippen LogP contribution < -0.4 is 11.5 Å². The molecule has 5 N–H and O–H groups in total. The van der Waals surface area contributed by atoms with E-state index in [4.69, 9.17) is 11.5 Å². The zero-order chi connectivity index (χ0) is 15.3. The minimum atomic E-state index is 0.729. The Labute approximate surface area is 123 Å². The van der Waals surface area contributed by atoms with Gasteiger partial charge in [-0.25, -0.2) is 4.98 Å². The SMILES string of the molecule is Nc1ccc(N)cc1.O=Cc1ccccc1.c1c[nH]cn1. The Bertz CT molecular complexity index is 554. The molecule has 21 heavy (non-hydrogen) atoms. The third-order valence-corrected chi connectivity index (χ3v) is 2.28. The molecule has 108 valence electrons. The first-order valence-corrected chi connectivity index (χ1v) is 6.26. The molecular formula is C16H18N4O. The fourth-order valence-corrected chi connectivity index (χ4v) is 1.24. The van der Waals surface area contributed by atoms with Gasteiger partial charge in [0.2, 0.25) is 0 Å². The van der Waals surface area contributed by atoms with Crippen LogP contribution in [0, 0.1) is 0 Å². The summed E-state index contributed by atoms with van der Waals surface area (Å²) in [4.78, 5) is 16.4. The second kappa shape index (κ2) is 9.80. The molecule has 2 aromatic carbocycles. The van der Waals surface area contributed by atoms with Gasteiger partial charge in [-0.2, -0.15) is 0 Å². The van der Waals surface area contributed by atoms with Gasteiger partial charge in [0.15, 0.2) is 0 Å². The number of carbonyl (C=O) groups excluding carboxylic acids is 1. The third kappa shape index (κ3) is 7.84. The number of nitrogens with zero attached hydrogens (tertiary/aromatic N) is 1. The van der Waals surface area contributed by atoms with E-state index < -0.39 is 0 Å². The van der Waals surface area contributed by atoms with Crippen LogP contribution >= 0.6 is 0 Å². The quantitative estimate of drug-likeness (QED) is 0.472.